The van der Waals surface area contributed by atoms with E-state index in [-0.39, 0.29) is 10.5 Å². The first kappa shape index (κ1) is 26.4. The van der Waals surface area contributed by atoms with E-state index in [4.69, 9.17) is 4.74 Å². The monoisotopic (exact) mass is 534 g/mol. The normalized spacial score (nSPS) is 11.6. The van der Waals surface area contributed by atoms with Crippen molar-refractivity contribution in [1.82, 2.24) is 9.55 Å². The molecule has 0 fully saturated rings. The smallest absolute Gasteiger partial charge is 0.335 e. The predicted octanol–water partition coefficient (Wildman–Crippen LogP) is 3.72. The lowest BCUT2D eigenvalue weighted by molar-refractivity contribution is 0.415. The number of anilines is 1. The van der Waals surface area contributed by atoms with Crippen LogP contribution in [0.25, 0.3) is 5.69 Å². The van der Waals surface area contributed by atoms with Crippen molar-refractivity contribution in [3.8, 4) is 17.3 Å². The number of ether oxygens (including phenoxy) is 1. The molecule has 3 N–H and O–H groups in total. The van der Waals surface area contributed by atoms with Crippen LogP contribution < -0.4 is 20.7 Å². The Hall–Kier alpha value is -4.64. The van der Waals surface area contributed by atoms with E-state index >= 15 is 0 Å². The molecule has 1 aromatic heterocycles. The number of methoxy groups -OCH3 is 1. The van der Waals surface area contributed by atoms with Crippen molar-refractivity contribution in [3.05, 3.63) is 104 Å². The zero-order valence-corrected chi connectivity index (χ0v) is 22.0. The molecule has 0 bridgehead atoms. The molecule has 0 aliphatic heterocycles. The van der Waals surface area contributed by atoms with Crippen LogP contribution in [0.15, 0.2) is 80.1 Å². The molecule has 0 spiro atoms. The van der Waals surface area contributed by atoms with Crippen LogP contribution in [0.4, 0.5) is 11.4 Å². The molecule has 0 radical (unpaired) electrons. The molecular weight excluding hydrogens is 508 g/mol. The molecule has 10 nitrogen and oxygen atoms in total. The maximum atomic E-state index is 12.7. The third-order valence-corrected chi connectivity index (χ3v) is 7.21. The van der Waals surface area contributed by atoms with Gasteiger partial charge in [-0.15, -0.1) is 0 Å². The largest absolute Gasteiger partial charge is 0.497 e. The average molecular weight is 535 g/mol. The fourth-order valence-electron chi connectivity index (χ4n) is 4.11. The van der Waals surface area contributed by atoms with Crippen LogP contribution in [0.2, 0.25) is 0 Å². The van der Waals surface area contributed by atoms with E-state index in [9.17, 15) is 23.1 Å². The van der Waals surface area contributed by atoms with E-state index in [2.05, 4.69) is 14.7 Å². The molecule has 4 aromatic rings. The summed E-state index contributed by atoms with van der Waals surface area (Å²) < 4.78 is 34.0. The lowest BCUT2D eigenvalue weighted by Gasteiger charge is -2.15. The molecule has 0 saturated heterocycles. The van der Waals surface area contributed by atoms with Crippen molar-refractivity contribution in [2.75, 3.05) is 11.8 Å². The number of benzene rings is 3. The van der Waals surface area contributed by atoms with Gasteiger partial charge in [-0.05, 0) is 80.4 Å². The Labute approximate surface area is 219 Å². The first-order valence-corrected chi connectivity index (χ1v) is 13.0. The van der Waals surface area contributed by atoms with Crippen molar-refractivity contribution in [3.63, 3.8) is 0 Å². The summed E-state index contributed by atoms with van der Waals surface area (Å²) in [5, 5.41) is 10.9. The minimum absolute atomic E-state index is 0.00633. The van der Waals surface area contributed by atoms with Gasteiger partial charge in [0.05, 0.1) is 23.4 Å². The van der Waals surface area contributed by atoms with Crippen LogP contribution >= 0.6 is 0 Å². The third kappa shape index (κ3) is 5.37. The van der Waals surface area contributed by atoms with Crippen LogP contribution in [0, 0.1) is 20.8 Å². The van der Waals surface area contributed by atoms with Gasteiger partial charge < -0.3 is 9.84 Å². The Balaban J connectivity index is 1.63. The number of hydrogen-bond donors (Lipinski definition) is 3. The van der Waals surface area contributed by atoms with Gasteiger partial charge in [0.15, 0.2) is 0 Å². The first-order valence-electron chi connectivity index (χ1n) is 11.5. The summed E-state index contributed by atoms with van der Waals surface area (Å²) >= 11 is 0. The molecule has 0 atom stereocenters. The van der Waals surface area contributed by atoms with Crippen LogP contribution in [0.3, 0.4) is 0 Å². The highest BCUT2D eigenvalue weighted by Gasteiger charge is 2.18. The molecule has 0 unspecified atom stereocenters. The second kappa shape index (κ2) is 10.4. The molecule has 0 amide bonds. The van der Waals surface area contributed by atoms with Crippen LogP contribution in [0.1, 0.15) is 22.3 Å². The quantitative estimate of drug-likeness (QED) is 0.309. The van der Waals surface area contributed by atoms with Gasteiger partial charge in [-0.25, -0.2) is 17.8 Å². The minimum Gasteiger partial charge on any atom is -0.497 e. The number of nitrogens with zero attached hydrogens (tertiary/aromatic N) is 2. The molecular formula is C27H26N4O6S. The highest BCUT2D eigenvalue weighted by atomic mass is 32.2. The Bertz CT molecular complexity index is 1730. The van der Waals surface area contributed by atoms with Crippen LogP contribution in [-0.2, 0) is 10.0 Å². The third-order valence-electron chi connectivity index (χ3n) is 5.81. The van der Waals surface area contributed by atoms with Gasteiger partial charge in [0.25, 0.3) is 15.6 Å². The van der Waals surface area contributed by atoms with Crippen molar-refractivity contribution < 1.29 is 18.3 Å². The van der Waals surface area contributed by atoms with Crippen molar-refractivity contribution in [1.29, 1.82) is 0 Å². The zero-order chi connectivity index (χ0) is 27.6. The van der Waals surface area contributed by atoms with E-state index in [1.807, 2.05) is 19.1 Å². The number of H-pyrrole nitrogens is 1. The van der Waals surface area contributed by atoms with Crippen molar-refractivity contribution in [2.45, 2.75) is 25.7 Å². The number of aromatic hydroxyl groups is 1. The first-order chi connectivity index (χ1) is 18.0. The number of aromatic nitrogens is 2. The highest BCUT2D eigenvalue weighted by molar-refractivity contribution is 7.92. The van der Waals surface area contributed by atoms with Gasteiger partial charge in [0.1, 0.15) is 11.3 Å². The number of aromatic amines is 1. The molecule has 38 heavy (non-hydrogen) atoms. The summed E-state index contributed by atoms with van der Waals surface area (Å²) in [4.78, 5) is 31.5. The Morgan fingerprint density at radius 3 is 2.16 bits per heavy atom. The van der Waals surface area contributed by atoms with Gasteiger partial charge >= 0.3 is 5.69 Å². The summed E-state index contributed by atoms with van der Waals surface area (Å²) in [6, 6.07) is 15.8. The maximum Gasteiger partial charge on any atom is 0.335 e. The summed E-state index contributed by atoms with van der Waals surface area (Å²) in [5.41, 5.74) is 1.84. The molecule has 0 saturated carbocycles. The van der Waals surface area contributed by atoms with E-state index in [0.29, 0.717) is 22.8 Å². The van der Waals surface area contributed by atoms with Gasteiger partial charge in [0.2, 0.25) is 5.88 Å². The van der Waals surface area contributed by atoms with Crippen molar-refractivity contribution >= 4 is 27.6 Å². The fraction of sp³-hybridized carbons (Fsp3) is 0.148. The Morgan fingerprint density at radius 2 is 1.58 bits per heavy atom. The number of hydrogen-bond acceptors (Lipinski definition) is 7. The van der Waals surface area contributed by atoms with Gasteiger partial charge in [-0.2, -0.15) is 0 Å². The lowest BCUT2D eigenvalue weighted by atomic mass is 10.0. The molecule has 11 heteroatoms. The Kier molecular flexibility index (Phi) is 7.22. The molecule has 196 valence electrons. The molecule has 4 rings (SSSR count). The van der Waals surface area contributed by atoms with Gasteiger partial charge in [-0.1, -0.05) is 17.7 Å². The highest BCUT2D eigenvalue weighted by Crippen LogP contribution is 2.25. The summed E-state index contributed by atoms with van der Waals surface area (Å²) in [6.45, 7) is 5.53. The second-order valence-corrected chi connectivity index (χ2v) is 10.3. The van der Waals surface area contributed by atoms with E-state index in [1.165, 1.54) is 31.4 Å². The van der Waals surface area contributed by atoms with Gasteiger partial charge in [0, 0.05) is 11.9 Å². The van der Waals surface area contributed by atoms with Crippen LogP contribution in [-0.4, -0.2) is 36.4 Å². The maximum absolute atomic E-state index is 12.7. The number of sulfonamides is 1. The predicted molar refractivity (Wildman–Crippen MR) is 146 cm³/mol. The fourth-order valence-corrected chi connectivity index (χ4v) is 5.17. The number of aryl methyl sites for hydroxylation is 3. The number of nitrogens with one attached hydrogen (secondary N) is 2. The number of rotatable bonds is 7. The topological polar surface area (TPSA) is 143 Å². The summed E-state index contributed by atoms with van der Waals surface area (Å²) in [7, 11) is -2.34. The van der Waals surface area contributed by atoms with Crippen molar-refractivity contribution in [2.24, 2.45) is 4.99 Å². The average Bonchev–Trinajstić information content (AvgIpc) is 2.85. The van der Waals surface area contributed by atoms with Gasteiger partial charge in [-0.3, -0.25) is 19.5 Å². The second-order valence-electron chi connectivity index (χ2n) is 8.67. The minimum atomic E-state index is -3.86. The molecule has 1 heterocycles. The van der Waals surface area contributed by atoms with E-state index in [0.717, 1.165) is 27.5 Å². The molecule has 0 aliphatic carbocycles. The van der Waals surface area contributed by atoms with E-state index in [1.54, 1.807) is 38.1 Å². The zero-order valence-electron chi connectivity index (χ0n) is 21.1. The van der Waals surface area contributed by atoms with Crippen LogP contribution in [0.5, 0.6) is 11.6 Å². The lowest BCUT2D eigenvalue weighted by Crippen LogP contribution is -2.32. The van der Waals surface area contributed by atoms with E-state index < -0.39 is 27.2 Å². The standard InChI is InChI=1S/C27H26N4O6S/c1-16-13-17(2)24(18(3)14-16)31-26(33)23(25(32)29-27(31)34)15-28-19-7-11-22(12-8-19)38(35,36)30-20-5-9-21(37-4)10-6-20/h5-15,30,33H,1-4H3,(H,29,32,34). The Morgan fingerprint density at radius 1 is 0.974 bits per heavy atom. The number of aliphatic imine (C=N–C) groups is 1. The molecule has 3 aromatic carbocycles. The summed E-state index contributed by atoms with van der Waals surface area (Å²) in [6.07, 6.45) is 1.13. The summed E-state index contributed by atoms with van der Waals surface area (Å²) in [5.74, 6) is 0.0417. The SMILES string of the molecule is COc1ccc(NS(=O)(=O)c2ccc(N=Cc3c(O)n(-c4c(C)cc(C)cc4C)c(=O)[nH]c3=O)cc2)cc1. The molecule has 0 aliphatic rings.